The second kappa shape index (κ2) is 5.92. The van der Waals surface area contributed by atoms with Gasteiger partial charge in [0.2, 0.25) is 10.0 Å². The lowest BCUT2D eigenvalue weighted by atomic mass is 9.98. The monoisotopic (exact) mass is 283 g/mol. The third-order valence-electron chi connectivity index (χ3n) is 3.70. The van der Waals surface area contributed by atoms with Gasteiger partial charge in [0, 0.05) is 12.6 Å². The van der Waals surface area contributed by atoms with E-state index in [1.54, 1.807) is 16.4 Å². The summed E-state index contributed by atoms with van der Waals surface area (Å²) in [6.45, 7) is 0.652. The van der Waals surface area contributed by atoms with Crippen LogP contribution in [0.3, 0.4) is 0 Å². The quantitative estimate of drug-likeness (QED) is 0.921. The molecule has 0 unspecified atom stereocenters. The molecule has 1 aromatic carbocycles. The van der Waals surface area contributed by atoms with E-state index in [0.717, 1.165) is 37.7 Å². The molecule has 4 nitrogen and oxygen atoms in total. The number of rotatable bonds is 4. The maximum atomic E-state index is 11.7. The van der Waals surface area contributed by atoms with E-state index >= 15 is 0 Å². The van der Waals surface area contributed by atoms with Crippen LogP contribution in [0.4, 0.5) is 0 Å². The number of phenols is 1. The Balaban J connectivity index is 1.98. The molecule has 0 spiro atoms. The first-order valence-corrected chi connectivity index (χ1v) is 8.56. The number of benzene rings is 1. The number of sulfonamides is 1. The molecular weight excluding hydrogens is 262 g/mol. The van der Waals surface area contributed by atoms with Gasteiger partial charge in [-0.25, -0.2) is 8.42 Å². The minimum atomic E-state index is -3.09. The number of hydrogen-bond acceptors (Lipinski definition) is 3. The van der Waals surface area contributed by atoms with Gasteiger partial charge in [-0.1, -0.05) is 18.6 Å². The minimum Gasteiger partial charge on any atom is -0.508 e. The second-order valence-electron chi connectivity index (χ2n) is 5.23. The normalized spacial score (nSPS) is 21.4. The van der Waals surface area contributed by atoms with Crippen molar-refractivity contribution in [3.63, 3.8) is 0 Å². The van der Waals surface area contributed by atoms with Crippen LogP contribution in [0.2, 0.25) is 0 Å². The SMILES string of the molecule is CS(=O)(=O)N1CCCC[C@@H]1CCc1ccc(O)cc1. The largest absolute Gasteiger partial charge is 0.508 e. The molecule has 0 bridgehead atoms. The average molecular weight is 283 g/mol. The van der Waals surface area contributed by atoms with Crippen LogP contribution in [0.15, 0.2) is 24.3 Å². The van der Waals surface area contributed by atoms with Crippen LogP contribution >= 0.6 is 0 Å². The van der Waals surface area contributed by atoms with Crippen LogP contribution < -0.4 is 0 Å². The van der Waals surface area contributed by atoms with Gasteiger partial charge in [-0.15, -0.1) is 0 Å². The van der Waals surface area contributed by atoms with Crippen molar-refractivity contribution in [1.82, 2.24) is 4.31 Å². The van der Waals surface area contributed by atoms with Crippen molar-refractivity contribution in [1.29, 1.82) is 0 Å². The molecule has 106 valence electrons. The van der Waals surface area contributed by atoms with E-state index in [0.29, 0.717) is 6.54 Å². The van der Waals surface area contributed by atoms with Gasteiger partial charge in [-0.05, 0) is 43.4 Å². The van der Waals surface area contributed by atoms with Gasteiger partial charge in [0.25, 0.3) is 0 Å². The lowest BCUT2D eigenvalue weighted by Gasteiger charge is -2.33. The van der Waals surface area contributed by atoms with Crippen LogP contribution in [0.5, 0.6) is 5.75 Å². The predicted molar refractivity (Wildman–Crippen MR) is 75.6 cm³/mol. The van der Waals surface area contributed by atoms with Crippen molar-refractivity contribution in [3.8, 4) is 5.75 Å². The Bertz CT molecular complexity index is 510. The third-order valence-corrected chi connectivity index (χ3v) is 5.03. The smallest absolute Gasteiger partial charge is 0.211 e. The van der Waals surface area contributed by atoms with Gasteiger partial charge in [0.05, 0.1) is 6.26 Å². The number of piperidine rings is 1. The topological polar surface area (TPSA) is 57.6 Å². The summed E-state index contributed by atoms with van der Waals surface area (Å²) < 4.78 is 25.1. The summed E-state index contributed by atoms with van der Waals surface area (Å²) in [4.78, 5) is 0. The number of aromatic hydroxyl groups is 1. The highest BCUT2D eigenvalue weighted by molar-refractivity contribution is 7.88. The molecule has 19 heavy (non-hydrogen) atoms. The minimum absolute atomic E-state index is 0.123. The average Bonchev–Trinajstić information content (AvgIpc) is 2.37. The van der Waals surface area contributed by atoms with Gasteiger partial charge in [-0.3, -0.25) is 0 Å². The van der Waals surface area contributed by atoms with E-state index in [-0.39, 0.29) is 11.8 Å². The maximum absolute atomic E-state index is 11.7. The first-order valence-electron chi connectivity index (χ1n) is 6.71. The molecule has 0 radical (unpaired) electrons. The highest BCUT2D eigenvalue weighted by Crippen LogP contribution is 2.24. The lowest BCUT2D eigenvalue weighted by molar-refractivity contribution is 0.242. The van der Waals surface area contributed by atoms with Crippen molar-refractivity contribution in [2.45, 2.75) is 38.1 Å². The predicted octanol–water partition coefficient (Wildman–Crippen LogP) is 2.14. The summed E-state index contributed by atoms with van der Waals surface area (Å²) in [5.41, 5.74) is 1.14. The fourth-order valence-corrected chi connectivity index (χ4v) is 3.91. The zero-order chi connectivity index (χ0) is 13.9. The molecule has 1 fully saturated rings. The molecule has 0 aliphatic carbocycles. The van der Waals surface area contributed by atoms with Crippen LogP contribution in [0.1, 0.15) is 31.2 Å². The summed E-state index contributed by atoms with van der Waals surface area (Å²) in [5, 5.41) is 9.23. The van der Waals surface area contributed by atoms with Crippen molar-refractivity contribution in [2.75, 3.05) is 12.8 Å². The van der Waals surface area contributed by atoms with Gasteiger partial charge in [0.15, 0.2) is 0 Å². The van der Waals surface area contributed by atoms with E-state index in [9.17, 15) is 13.5 Å². The summed E-state index contributed by atoms with van der Waals surface area (Å²) in [5.74, 6) is 0.263. The van der Waals surface area contributed by atoms with Gasteiger partial charge in [-0.2, -0.15) is 4.31 Å². The number of aryl methyl sites for hydroxylation is 1. The number of nitrogens with zero attached hydrogens (tertiary/aromatic N) is 1. The highest BCUT2D eigenvalue weighted by Gasteiger charge is 2.28. The Morgan fingerprint density at radius 1 is 1.26 bits per heavy atom. The summed E-state index contributed by atoms with van der Waals surface area (Å²) in [7, 11) is -3.09. The Morgan fingerprint density at radius 3 is 2.58 bits per heavy atom. The Hall–Kier alpha value is -1.07. The fraction of sp³-hybridized carbons (Fsp3) is 0.571. The van der Waals surface area contributed by atoms with Crippen LogP contribution in [-0.4, -0.2) is 36.7 Å². The first-order chi connectivity index (χ1) is 8.97. The third kappa shape index (κ3) is 3.94. The van der Waals surface area contributed by atoms with Crippen LogP contribution in [0.25, 0.3) is 0 Å². The standard InChI is InChI=1S/C14H21NO3S/c1-19(17,18)15-11-3-2-4-13(15)8-5-12-6-9-14(16)10-7-12/h6-7,9-10,13,16H,2-5,8,11H2,1H3/t13-/m1/s1. The highest BCUT2D eigenvalue weighted by atomic mass is 32.2. The molecule has 0 saturated carbocycles. The zero-order valence-corrected chi connectivity index (χ0v) is 12.1. The molecular formula is C14H21NO3S. The van der Waals surface area contributed by atoms with Crippen molar-refractivity contribution >= 4 is 10.0 Å². The van der Waals surface area contributed by atoms with Crippen LogP contribution in [0, 0.1) is 0 Å². The molecule has 1 saturated heterocycles. The maximum Gasteiger partial charge on any atom is 0.211 e. The van der Waals surface area contributed by atoms with Gasteiger partial charge >= 0.3 is 0 Å². The summed E-state index contributed by atoms with van der Waals surface area (Å²) in [6, 6.07) is 7.25. The molecule has 1 aliphatic heterocycles. The molecule has 1 atom stereocenters. The summed E-state index contributed by atoms with van der Waals surface area (Å²) in [6.07, 6.45) is 6.00. The molecule has 1 aliphatic rings. The zero-order valence-electron chi connectivity index (χ0n) is 11.2. The van der Waals surface area contributed by atoms with E-state index < -0.39 is 10.0 Å². The van der Waals surface area contributed by atoms with E-state index in [1.165, 1.54) is 6.26 Å². The Kier molecular flexibility index (Phi) is 4.47. The van der Waals surface area contributed by atoms with Crippen LogP contribution in [-0.2, 0) is 16.4 Å². The second-order valence-corrected chi connectivity index (χ2v) is 7.16. The fourth-order valence-electron chi connectivity index (χ4n) is 2.70. The molecule has 5 heteroatoms. The Labute approximate surface area is 115 Å². The molecule has 2 rings (SSSR count). The number of hydrogen-bond donors (Lipinski definition) is 1. The summed E-state index contributed by atoms with van der Waals surface area (Å²) >= 11 is 0. The van der Waals surface area contributed by atoms with Gasteiger partial charge in [0.1, 0.15) is 5.75 Å². The van der Waals surface area contributed by atoms with E-state index in [4.69, 9.17) is 0 Å². The van der Waals surface area contributed by atoms with E-state index in [1.807, 2.05) is 12.1 Å². The first kappa shape index (κ1) is 14.3. The molecule has 0 amide bonds. The lowest BCUT2D eigenvalue weighted by Crippen LogP contribution is -2.43. The number of phenolic OH excluding ortho intramolecular Hbond substituents is 1. The molecule has 0 aromatic heterocycles. The molecule has 1 aromatic rings. The molecule has 1 heterocycles. The van der Waals surface area contributed by atoms with Gasteiger partial charge < -0.3 is 5.11 Å². The Morgan fingerprint density at radius 2 is 1.95 bits per heavy atom. The molecule has 1 N–H and O–H groups in total. The van der Waals surface area contributed by atoms with Crippen molar-refractivity contribution in [3.05, 3.63) is 29.8 Å². The van der Waals surface area contributed by atoms with Crippen molar-refractivity contribution in [2.24, 2.45) is 0 Å². The van der Waals surface area contributed by atoms with Crippen molar-refractivity contribution < 1.29 is 13.5 Å². The van der Waals surface area contributed by atoms with E-state index in [2.05, 4.69) is 0 Å².